The number of carbonyl (C=O) groups is 2. The first-order chi connectivity index (χ1) is 21.4. The lowest BCUT2D eigenvalue weighted by Crippen LogP contribution is -2.45. The number of rotatable bonds is 8. The highest BCUT2D eigenvalue weighted by Gasteiger charge is 2.32. The molecule has 238 valence electrons. The number of benzene rings is 2. The molecule has 1 aliphatic carbocycles. The summed E-state index contributed by atoms with van der Waals surface area (Å²) in [6, 6.07) is 13.3. The molecule has 1 amide bonds. The normalized spacial score (nSPS) is 16.9. The van der Waals surface area contributed by atoms with Crippen LogP contribution in [0.3, 0.4) is 0 Å². The van der Waals surface area contributed by atoms with Gasteiger partial charge in [0.25, 0.3) is 0 Å². The molecule has 2 heterocycles. The summed E-state index contributed by atoms with van der Waals surface area (Å²) < 4.78 is 28.4. The second-order valence-electron chi connectivity index (χ2n) is 12.5. The van der Waals surface area contributed by atoms with Crippen LogP contribution in [-0.2, 0) is 11.3 Å². The third-order valence-corrected chi connectivity index (χ3v) is 9.66. The van der Waals surface area contributed by atoms with Crippen LogP contribution in [0, 0.1) is 12.7 Å². The summed E-state index contributed by atoms with van der Waals surface area (Å²) in [5.41, 5.74) is 1.48. The molecule has 0 atom stereocenters. The van der Waals surface area contributed by atoms with Crippen LogP contribution in [0.4, 0.5) is 9.18 Å². The van der Waals surface area contributed by atoms with Crippen LogP contribution in [-0.4, -0.2) is 53.6 Å². The summed E-state index contributed by atoms with van der Waals surface area (Å²) >= 11 is 7.99. The highest BCUT2D eigenvalue weighted by atomic mass is 35.5. The lowest BCUT2D eigenvalue weighted by atomic mass is 9.89. The van der Waals surface area contributed by atoms with Crippen molar-refractivity contribution < 1.29 is 23.5 Å². The van der Waals surface area contributed by atoms with E-state index in [0.29, 0.717) is 16.0 Å². The molecule has 0 spiro atoms. The van der Waals surface area contributed by atoms with Crippen molar-refractivity contribution in [1.82, 2.24) is 15.2 Å². The lowest BCUT2D eigenvalue weighted by molar-refractivity contribution is 0.0179. The standard InChI is InChI=1S/C35H39ClFN3O4S/c1-20-11-12-22(18-38-20)28-29(32(41)27-17-21-9-7-8-10-26(21)45-27)25(33(43-6)30(36)31(28)37)19-39-23-13-15-24(16-14-23)40(5)34(42)44-35(2,3)4/h7-12,17-18,23-24,39H,13-16,19H2,1-6H3. The molecule has 2 aromatic carbocycles. The van der Waals surface area contributed by atoms with E-state index in [1.165, 1.54) is 18.4 Å². The number of hydrogen-bond donors (Lipinski definition) is 1. The molecular formula is C35H39ClFN3O4S. The summed E-state index contributed by atoms with van der Waals surface area (Å²) in [4.78, 5) is 33.6. The molecule has 0 aliphatic heterocycles. The number of methoxy groups -OCH3 is 1. The molecule has 5 rings (SSSR count). The Morgan fingerprint density at radius 2 is 1.84 bits per heavy atom. The Hall–Kier alpha value is -3.53. The zero-order valence-corrected chi connectivity index (χ0v) is 28.1. The van der Waals surface area contributed by atoms with Gasteiger partial charge in [0.1, 0.15) is 16.4 Å². The average Bonchev–Trinajstić information content (AvgIpc) is 3.45. The molecule has 1 N–H and O–H groups in total. The Balaban J connectivity index is 1.48. The smallest absolute Gasteiger partial charge is 0.410 e. The van der Waals surface area contributed by atoms with E-state index in [1.807, 2.05) is 58.0 Å². The Labute approximate surface area is 272 Å². The van der Waals surface area contributed by atoms with Crippen molar-refractivity contribution in [3.8, 4) is 16.9 Å². The lowest BCUT2D eigenvalue weighted by Gasteiger charge is -2.36. The van der Waals surface area contributed by atoms with E-state index < -0.39 is 11.4 Å². The minimum Gasteiger partial charge on any atom is -0.495 e. The van der Waals surface area contributed by atoms with Gasteiger partial charge < -0.3 is 19.7 Å². The minimum absolute atomic E-state index is 0.0680. The van der Waals surface area contributed by atoms with Gasteiger partial charge in [0.2, 0.25) is 5.78 Å². The maximum absolute atomic E-state index is 16.2. The van der Waals surface area contributed by atoms with Crippen LogP contribution in [0.25, 0.3) is 21.2 Å². The van der Waals surface area contributed by atoms with Gasteiger partial charge in [0.15, 0.2) is 5.82 Å². The number of aryl methyl sites for hydroxylation is 1. The number of nitrogens with one attached hydrogen (secondary N) is 1. The molecule has 45 heavy (non-hydrogen) atoms. The van der Waals surface area contributed by atoms with E-state index in [9.17, 15) is 9.59 Å². The Morgan fingerprint density at radius 3 is 2.47 bits per heavy atom. The monoisotopic (exact) mass is 651 g/mol. The van der Waals surface area contributed by atoms with Gasteiger partial charge in [-0.25, -0.2) is 9.18 Å². The molecular weight excluding hydrogens is 613 g/mol. The van der Waals surface area contributed by atoms with Crippen LogP contribution >= 0.6 is 22.9 Å². The molecule has 0 bridgehead atoms. The molecule has 10 heteroatoms. The van der Waals surface area contributed by atoms with Gasteiger partial charge in [-0.05, 0) is 77.0 Å². The first-order valence-electron chi connectivity index (χ1n) is 15.1. The van der Waals surface area contributed by atoms with E-state index in [-0.39, 0.29) is 52.4 Å². The number of halogens is 2. The number of aromatic nitrogens is 1. The predicted molar refractivity (Wildman–Crippen MR) is 178 cm³/mol. The minimum atomic E-state index is -0.724. The van der Waals surface area contributed by atoms with E-state index in [4.69, 9.17) is 21.1 Å². The molecule has 1 aliphatic rings. The number of hydrogen-bond acceptors (Lipinski definition) is 7. The zero-order valence-electron chi connectivity index (χ0n) is 26.5. The van der Waals surface area contributed by atoms with Crippen molar-refractivity contribution in [3.63, 3.8) is 0 Å². The molecule has 1 saturated carbocycles. The fourth-order valence-electron chi connectivity index (χ4n) is 5.85. The maximum atomic E-state index is 16.2. The molecule has 7 nitrogen and oxygen atoms in total. The quantitative estimate of drug-likeness (QED) is 0.192. The van der Waals surface area contributed by atoms with E-state index in [2.05, 4.69) is 10.3 Å². The first-order valence-corrected chi connectivity index (χ1v) is 16.3. The van der Waals surface area contributed by atoms with Crippen LogP contribution < -0.4 is 10.1 Å². The molecule has 4 aromatic rings. The van der Waals surface area contributed by atoms with Crippen LogP contribution in [0.5, 0.6) is 5.75 Å². The molecule has 0 radical (unpaired) electrons. The summed E-state index contributed by atoms with van der Waals surface area (Å²) in [5.74, 6) is -0.897. The van der Waals surface area contributed by atoms with E-state index >= 15 is 4.39 Å². The maximum Gasteiger partial charge on any atom is 0.410 e. The summed E-state index contributed by atoms with van der Waals surface area (Å²) in [6.07, 6.45) is 4.45. The highest BCUT2D eigenvalue weighted by molar-refractivity contribution is 7.21. The van der Waals surface area contributed by atoms with Crippen LogP contribution in [0.15, 0.2) is 48.7 Å². The molecule has 2 aromatic heterocycles. The second-order valence-corrected chi connectivity index (χ2v) is 14.0. The number of pyridine rings is 1. The van der Waals surface area contributed by atoms with Gasteiger partial charge in [-0.1, -0.05) is 35.9 Å². The fourth-order valence-corrected chi connectivity index (χ4v) is 7.14. The van der Waals surface area contributed by atoms with E-state index in [1.54, 1.807) is 30.3 Å². The van der Waals surface area contributed by atoms with Gasteiger partial charge in [0.05, 0.1) is 12.0 Å². The third kappa shape index (κ3) is 7.16. The topological polar surface area (TPSA) is 80.8 Å². The summed E-state index contributed by atoms with van der Waals surface area (Å²) in [7, 11) is 3.22. The SMILES string of the molecule is COc1c(Cl)c(F)c(-c2ccc(C)nc2)c(C(=O)c2cc3ccccc3s2)c1CNC1CCC(N(C)C(=O)OC(C)(C)C)CC1. The van der Waals surface area contributed by atoms with Gasteiger partial charge in [-0.2, -0.15) is 0 Å². The largest absolute Gasteiger partial charge is 0.495 e. The number of fused-ring (bicyclic) bond motifs is 1. The Bertz CT molecular complexity index is 1680. The number of amides is 1. The number of thiophene rings is 1. The summed E-state index contributed by atoms with van der Waals surface area (Å²) in [6.45, 7) is 7.65. The number of carbonyl (C=O) groups excluding carboxylic acids is 2. The van der Waals surface area contributed by atoms with Crippen molar-refractivity contribution in [1.29, 1.82) is 0 Å². The van der Waals surface area contributed by atoms with E-state index in [0.717, 1.165) is 41.5 Å². The Morgan fingerprint density at radius 1 is 1.13 bits per heavy atom. The third-order valence-electron chi connectivity index (χ3n) is 8.21. The van der Waals surface area contributed by atoms with Crippen molar-refractivity contribution in [2.45, 2.75) is 77.6 Å². The van der Waals surface area contributed by atoms with Gasteiger partial charge in [0, 0.05) is 64.5 Å². The van der Waals surface area contributed by atoms with Gasteiger partial charge >= 0.3 is 6.09 Å². The van der Waals surface area contributed by atoms with Crippen molar-refractivity contribution in [3.05, 3.63) is 81.2 Å². The molecule has 0 saturated heterocycles. The van der Waals surface area contributed by atoms with Crippen molar-refractivity contribution >= 4 is 44.9 Å². The average molecular weight is 652 g/mol. The molecule has 1 fully saturated rings. The van der Waals surface area contributed by atoms with Gasteiger partial charge in [-0.15, -0.1) is 11.3 Å². The number of ether oxygens (including phenoxy) is 2. The Kier molecular flexibility index (Phi) is 9.82. The fraction of sp³-hybridized carbons (Fsp3) is 0.400. The van der Waals surface area contributed by atoms with Gasteiger partial charge in [-0.3, -0.25) is 9.78 Å². The second kappa shape index (κ2) is 13.4. The van der Waals surface area contributed by atoms with Crippen molar-refractivity contribution in [2.75, 3.05) is 14.2 Å². The van der Waals surface area contributed by atoms with Crippen LogP contribution in [0.1, 0.15) is 72.9 Å². The van der Waals surface area contributed by atoms with Crippen molar-refractivity contribution in [2.24, 2.45) is 0 Å². The van der Waals surface area contributed by atoms with Crippen LogP contribution in [0.2, 0.25) is 5.02 Å². The molecule has 0 unspecified atom stereocenters. The number of nitrogens with zero attached hydrogens (tertiary/aromatic N) is 2. The first kappa shape index (κ1) is 32.9. The predicted octanol–water partition coefficient (Wildman–Crippen LogP) is 8.57. The highest BCUT2D eigenvalue weighted by Crippen LogP contribution is 2.43. The number of ketones is 1. The zero-order chi connectivity index (χ0) is 32.5. The summed E-state index contributed by atoms with van der Waals surface area (Å²) in [5, 5.41) is 4.35.